The molecule has 1 aromatic heterocycles. The molecule has 0 radical (unpaired) electrons. The maximum atomic E-state index is 6.95. The van der Waals surface area contributed by atoms with Gasteiger partial charge in [0.05, 0.1) is 11.0 Å². The van der Waals surface area contributed by atoms with E-state index in [2.05, 4.69) is 199 Å². The van der Waals surface area contributed by atoms with Gasteiger partial charge in [0.15, 0.2) is 0 Å². The van der Waals surface area contributed by atoms with E-state index in [4.69, 9.17) is 9.72 Å². The van der Waals surface area contributed by atoms with E-state index in [0.29, 0.717) is 0 Å². The van der Waals surface area contributed by atoms with E-state index in [-0.39, 0.29) is 12.0 Å². The summed E-state index contributed by atoms with van der Waals surface area (Å²) in [7, 11) is 0. The molecule has 11 rings (SSSR count). The molecule has 0 bridgehead atoms. The second kappa shape index (κ2) is 12.3. The van der Waals surface area contributed by atoms with Crippen molar-refractivity contribution in [2.45, 2.75) is 12.0 Å². The van der Waals surface area contributed by atoms with Gasteiger partial charge in [0.2, 0.25) is 0 Å². The largest absolute Gasteiger partial charge is 0.484 e. The second-order valence-corrected chi connectivity index (χ2v) is 14.3. The number of imidazole rings is 1. The summed E-state index contributed by atoms with van der Waals surface area (Å²) in [5, 5.41) is 4.96. The smallest absolute Gasteiger partial charge is 0.145 e. The molecule has 54 heavy (non-hydrogen) atoms. The van der Waals surface area contributed by atoms with Crippen LogP contribution >= 0.6 is 0 Å². The quantitative estimate of drug-likeness (QED) is 0.180. The minimum Gasteiger partial charge on any atom is -0.484 e. The van der Waals surface area contributed by atoms with Crippen molar-refractivity contribution >= 4 is 38.2 Å². The number of hydrogen-bond acceptors (Lipinski definition) is 2. The number of fused-ring (bicyclic) bond motifs is 6. The molecule has 254 valence electrons. The van der Waals surface area contributed by atoms with Crippen molar-refractivity contribution in [3.8, 4) is 45.1 Å². The van der Waals surface area contributed by atoms with Gasteiger partial charge < -0.3 is 4.74 Å². The number of para-hydroxylation sites is 3. The lowest BCUT2D eigenvalue weighted by Crippen LogP contribution is -2.17. The van der Waals surface area contributed by atoms with Gasteiger partial charge in [-0.15, -0.1) is 0 Å². The maximum absolute atomic E-state index is 6.95. The number of ether oxygens (including phenoxy) is 1. The molecule has 0 N–H and O–H groups in total. The Kier molecular flexibility index (Phi) is 6.99. The van der Waals surface area contributed by atoms with E-state index in [0.717, 1.165) is 45.0 Å². The average Bonchev–Trinajstić information content (AvgIpc) is 3.82. The molecule has 1 aliphatic heterocycles. The van der Waals surface area contributed by atoms with Crippen molar-refractivity contribution < 1.29 is 4.74 Å². The van der Waals surface area contributed by atoms with Crippen molar-refractivity contribution in [3.63, 3.8) is 0 Å². The average molecular weight is 691 g/mol. The molecule has 3 heteroatoms. The molecular formula is C51H34N2O. The Morgan fingerprint density at radius 3 is 2.00 bits per heavy atom. The molecule has 0 spiro atoms. The first-order valence-electron chi connectivity index (χ1n) is 18.6. The summed E-state index contributed by atoms with van der Waals surface area (Å²) in [5.41, 5.74) is 12.4. The van der Waals surface area contributed by atoms with Gasteiger partial charge in [-0.25, -0.2) is 4.98 Å². The van der Waals surface area contributed by atoms with Gasteiger partial charge in [0.1, 0.15) is 17.7 Å². The van der Waals surface area contributed by atoms with Crippen LogP contribution in [0.25, 0.3) is 77.5 Å². The Morgan fingerprint density at radius 2 is 1.19 bits per heavy atom. The molecule has 2 atom stereocenters. The van der Waals surface area contributed by atoms with Crippen molar-refractivity contribution in [1.29, 1.82) is 0 Å². The van der Waals surface area contributed by atoms with E-state index >= 15 is 0 Å². The fourth-order valence-corrected chi connectivity index (χ4v) is 8.40. The van der Waals surface area contributed by atoms with Gasteiger partial charge in [0.25, 0.3) is 0 Å². The summed E-state index contributed by atoms with van der Waals surface area (Å²) in [6, 6.07) is 63.0. The fraction of sp³-hybridized carbons (Fsp3) is 0.0392. The van der Waals surface area contributed by atoms with Crippen LogP contribution in [0.1, 0.15) is 17.0 Å². The maximum Gasteiger partial charge on any atom is 0.145 e. The molecule has 0 fully saturated rings. The third-order valence-electron chi connectivity index (χ3n) is 11.1. The third-order valence-corrected chi connectivity index (χ3v) is 11.1. The summed E-state index contributed by atoms with van der Waals surface area (Å²) in [5.74, 6) is 1.94. The Labute approximate surface area is 313 Å². The number of benzene rings is 8. The lowest BCUT2D eigenvalue weighted by molar-refractivity contribution is 0.270. The van der Waals surface area contributed by atoms with E-state index < -0.39 is 0 Å². The molecule has 0 amide bonds. The Bertz CT molecular complexity index is 2990. The summed E-state index contributed by atoms with van der Waals surface area (Å²) in [6.07, 6.45) is 6.80. The SMILES string of the molecule is C1=CC2Oc3c(-c4cccc(-c5nc6ccccc6n5-c5ccccc5)c4)cc(-c4ccc5ccccc5c4)cc3C2C=C1c1ccc2ccccc2c1. The highest BCUT2D eigenvalue weighted by Gasteiger charge is 2.36. The monoisotopic (exact) mass is 690 g/mol. The molecular weight excluding hydrogens is 657 g/mol. The van der Waals surface area contributed by atoms with Crippen LogP contribution in [-0.4, -0.2) is 15.7 Å². The highest BCUT2D eigenvalue weighted by molar-refractivity contribution is 5.92. The van der Waals surface area contributed by atoms with Gasteiger partial charge in [-0.2, -0.15) is 0 Å². The standard InChI is InChI=1S/C51H34N2O/c1-2-17-43(18-3-1)53-48-20-9-8-19-47(48)52-51(53)41-16-10-15-40(29-41)44-31-42(38-24-22-34-12-5-7-14-36(34)28-38)32-46-45-30-39(25-26-49(45)54-50(44)46)37-23-21-33-11-4-6-13-35(33)27-37/h1-32,45,49H. The molecule has 8 aromatic carbocycles. The van der Waals surface area contributed by atoms with Gasteiger partial charge in [-0.3, -0.25) is 4.57 Å². The highest BCUT2D eigenvalue weighted by atomic mass is 16.5. The Balaban J connectivity index is 1.08. The van der Waals surface area contributed by atoms with Gasteiger partial charge in [-0.1, -0.05) is 133 Å². The third kappa shape index (κ3) is 5.08. The number of rotatable bonds is 5. The molecule has 3 nitrogen and oxygen atoms in total. The van der Waals surface area contributed by atoms with Crippen molar-refractivity contribution in [2.24, 2.45) is 0 Å². The lowest BCUT2D eigenvalue weighted by Gasteiger charge is -2.19. The van der Waals surface area contributed by atoms with Crippen LogP contribution in [0.5, 0.6) is 5.75 Å². The minimum atomic E-state index is -0.0831. The predicted molar refractivity (Wildman–Crippen MR) is 223 cm³/mol. The first kappa shape index (κ1) is 30.6. The summed E-state index contributed by atoms with van der Waals surface area (Å²) >= 11 is 0. The predicted octanol–water partition coefficient (Wildman–Crippen LogP) is 12.8. The first-order chi connectivity index (χ1) is 26.7. The van der Waals surface area contributed by atoms with Crippen LogP contribution in [0.2, 0.25) is 0 Å². The zero-order chi connectivity index (χ0) is 35.6. The van der Waals surface area contributed by atoms with Crippen LogP contribution in [0.3, 0.4) is 0 Å². The lowest BCUT2D eigenvalue weighted by atomic mass is 9.84. The summed E-state index contributed by atoms with van der Waals surface area (Å²) < 4.78 is 9.21. The number of nitrogens with zero attached hydrogens (tertiary/aromatic N) is 2. The molecule has 2 aliphatic rings. The van der Waals surface area contributed by atoms with Crippen LogP contribution < -0.4 is 4.74 Å². The highest BCUT2D eigenvalue weighted by Crippen LogP contribution is 2.50. The van der Waals surface area contributed by atoms with Crippen LogP contribution in [-0.2, 0) is 0 Å². The molecule has 2 heterocycles. The van der Waals surface area contributed by atoms with E-state index in [1.54, 1.807) is 0 Å². The first-order valence-corrected chi connectivity index (χ1v) is 18.6. The summed E-state index contributed by atoms with van der Waals surface area (Å²) in [4.78, 5) is 5.19. The van der Waals surface area contributed by atoms with Crippen LogP contribution in [0, 0.1) is 0 Å². The van der Waals surface area contributed by atoms with Gasteiger partial charge in [-0.05, 0) is 110 Å². The number of hydrogen-bond donors (Lipinski definition) is 0. The topological polar surface area (TPSA) is 27.1 Å². The van der Waals surface area contributed by atoms with Gasteiger partial charge in [0, 0.05) is 28.3 Å². The molecule has 0 saturated heterocycles. The second-order valence-electron chi connectivity index (χ2n) is 14.3. The normalized spacial score (nSPS) is 16.0. The Hall–Kier alpha value is -6.97. The van der Waals surface area contributed by atoms with Crippen molar-refractivity contribution in [1.82, 2.24) is 9.55 Å². The number of allylic oxidation sites excluding steroid dienone is 2. The van der Waals surface area contributed by atoms with Crippen molar-refractivity contribution in [2.75, 3.05) is 0 Å². The molecule has 9 aromatic rings. The zero-order valence-electron chi connectivity index (χ0n) is 29.4. The minimum absolute atomic E-state index is 0.0797. The Morgan fingerprint density at radius 1 is 0.500 bits per heavy atom. The van der Waals surface area contributed by atoms with Gasteiger partial charge >= 0.3 is 0 Å². The van der Waals surface area contributed by atoms with E-state index in [1.807, 2.05) is 0 Å². The van der Waals surface area contributed by atoms with Crippen LogP contribution in [0.15, 0.2) is 194 Å². The van der Waals surface area contributed by atoms with E-state index in [9.17, 15) is 0 Å². The number of aromatic nitrogens is 2. The van der Waals surface area contributed by atoms with E-state index in [1.165, 1.54) is 49.4 Å². The zero-order valence-corrected chi connectivity index (χ0v) is 29.4. The summed E-state index contributed by atoms with van der Waals surface area (Å²) in [6.45, 7) is 0. The molecule has 2 unspecified atom stereocenters. The van der Waals surface area contributed by atoms with Crippen molar-refractivity contribution in [3.05, 3.63) is 205 Å². The van der Waals surface area contributed by atoms with Crippen LogP contribution in [0.4, 0.5) is 0 Å². The fourth-order valence-electron chi connectivity index (χ4n) is 8.40. The molecule has 1 aliphatic carbocycles. The molecule has 0 saturated carbocycles.